The molecule has 1 aliphatic rings. The molecule has 19 heavy (non-hydrogen) atoms. The van der Waals surface area contributed by atoms with E-state index in [1.54, 1.807) is 0 Å². The van der Waals surface area contributed by atoms with E-state index in [2.05, 4.69) is 4.98 Å². The largest absolute Gasteiger partial charge is 0.387 e. The second-order valence-corrected chi connectivity index (χ2v) is 4.23. The van der Waals surface area contributed by atoms with Gasteiger partial charge in [0.2, 0.25) is 0 Å². The van der Waals surface area contributed by atoms with E-state index < -0.39 is 35.8 Å². The topological polar surface area (TPSA) is 103 Å². The lowest BCUT2D eigenvalue weighted by molar-refractivity contribution is -0.0669. The molecule has 0 amide bonds. The van der Waals surface area contributed by atoms with Crippen LogP contribution in [0.25, 0.3) is 0 Å². The summed E-state index contributed by atoms with van der Waals surface area (Å²) in [6, 6.07) is 1.20. The van der Waals surface area contributed by atoms with Crippen LogP contribution in [0.2, 0.25) is 0 Å². The van der Waals surface area contributed by atoms with Crippen molar-refractivity contribution in [2.75, 3.05) is 20.8 Å². The van der Waals surface area contributed by atoms with Crippen molar-refractivity contribution in [3.8, 4) is 0 Å². The minimum atomic E-state index is -0.922. The monoisotopic (exact) mass is 272 g/mol. The summed E-state index contributed by atoms with van der Waals surface area (Å²) in [6.45, 7) is 0.176. The highest BCUT2D eigenvalue weighted by Gasteiger charge is 2.45. The number of hydrogen-bond donors (Lipinski definition) is 2. The van der Waals surface area contributed by atoms with E-state index >= 15 is 0 Å². The van der Waals surface area contributed by atoms with E-state index in [9.17, 15) is 14.7 Å². The van der Waals surface area contributed by atoms with Gasteiger partial charge in [-0.3, -0.25) is 14.3 Å². The van der Waals surface area contributed by atoms with Gasteiger partial charge >= 0.3 is 5.69 Å². The van der Waals surface area contributed by atoms with Gasteiger partial charge in [0, 0.05) is 26.5 Å². The summed E-state index contributed by atoms with van der Waals surface area (Å²) in [5, 5.41) is 10.0. The Balaban J connectivity index is 2.32. The van der Waals surface area contributed by atoms with Crippen molar-refractivity contribution < 1.29 is 19.3 Å². The van der Waals surface area contributed by atoms with E-state index in [1.165, 1.54) is 31.0 Å². The number of methoxy groups -OCH3 is 2. The van der Waals surface area contributed by atoms with Crippen LogP contribution in [-0.2, 0) is 14.2 Å². The average Bonchev–Trinajstić information content (AvgIpc) is 2.67. The number of rotatable bonds is 4. The van der Waals surface area contributed by atoms with Crippen LogP contribution in [0.1, 0.15) is 6.23 Å². The number of aromatic amines is 1. The number of aromatic nitrogens is 2. The van der Waals surface area contributed by atoms with Crippen LogP contribution in [0.4, 0.5) is 0 Å². The lowest BCUT2D eigenvalue weighted by Crippen LogP contribution is -2.38. The second kappa shape index (κ2) is 5.66. The van der Waals surface area contributed by atoms with Crippen LogP contribution < -0.4 is 11.2 Å². The number of hydrogen-bond acceptors (Lipinski definition) is 6. The second-order valence-electron chi connectivity index (χ2n) is 4.23. The maximum Gasteiger partial charge on any atom is 0.330 e. The number of aliphatic hydroxyl groups is 1. The third-order valence-electron chi connectivity index (χ3n) is 3.04. The molecule has 1 fully saturated rings. The summed E-state index contributed by atoms with van der Waals surface area (Å²) < 4.78 is 16.8. The van der Waals surface area contributed by atoms with Crippen molar-refractivity contribution in [3.05, 3.63) is 33.1 Å². The van der Waals surface area contributed by atoms with Gasteiger partial charge in [-0.1, -0.05) is 0 Å². The maximum atomic E-state index is 11.7. The highest BCUT2D eigenvalue weighted by molar-refractivity contribution is 4.93. The number of nitrogens with one attached hydrogen (secondary N) is 1. The minimum absolute atomic E-state index is 0.176. The molecule has 2 rings (SSSR count). The number of aliphatic hydroxyl groups excluding tert-OH is 1. The Hall–Kier alpha value is -1.48. The van der Waals surface area contributed by atoms with Crippen molar-refractivity contribution in [2.45, 2.75) is 24.5 Å². The van der Waals surface area contributed by atoms with Gasteiger partial charge in [0.25, 0.3) is 5.56 Å². The van der Waals surface area contributed by atoms with Crippen molar-refractivity contribution in [2.24, 2.45) is 0 Å². The van der Waals surface area contributed by atoms with E-state index in [-0.39, 0.29) is 6.61 Å². The molecular formula is C11H16N2O6. The predicted octanol–water partition coefficient (Wildman–Crippen LogP) is -1.54. The zero-order valence-corrected chi connectivity index (χ0v) is 10.6. The molecule has 106 valence electrons. The molecule has 1 aromatic rings. The van der Waals surface area contributed by atoms with E-state index in [0.717, 1.165) is 0 Å². The fourth-order valence-electron chi connectivity index (χ4n) is 2.13. The van der Waals surface area contributed by atoms with Crippen LogP contribution in [0.3, 0.4) is 0 Å². The molecule has 0 radical (unpaired) electrons. The fraction of sp³-hybridized carbons (Fsp3) is 0.636. The van der Waals surface area contributed by atoms with E-state index in [1.807, 2.05) is 0 Å². The van der Waals surface area contributed by atoms with Crippen LogP contribution in [-0.4, -0.2) is 53.8 Å². The zero-order valence-electron chi connectivity index (χ0n) is 10.6. The first-order chi connectivity index (χ1) is 9.08. The van der Waals surface area contributed by atoms with Crippen LogP contribution in [0.15, 0.2) is 21.9 Å². The van der Waals surface area contributed by atoms with Gasteiger partial charge in [-0.25, -0.2) is 4.79 Å². The Bertz CT molecular complexity index is 538. The molecule has 0 aliphatic carbocycles. The molecule has 8 nitrogen and oxygen atoms in total. The highest BCUT2D eigenvalue weighted by atomic mass is 16.6. The zero-order chi connectivity index (χ0) is 14.0. The van der Waals surface area contributed by atoms with Gasteiger partial charge in [0.1, 0.15) is 18.3 Å². The molecule has 2 unspecified atom stereocenters. The highest BCUT2D eigenvalue weighted by Crippen LogP contribution is 2.30. The summed E-state index contributed by atoms with van der Waals surface area (Å²) in [5.74, 6) is 0. The van der Waals surface area contributed by atoms with Gasteiger partial charge in [-0.15, -0.1) is 0 Å². The third-order valence-corrected chi connectivity index (χ3v) is 3.04. The number of nitrogens with zero attached hydrogens (tertiary/aromatic N) is 1. The SMILES string of the molecule is COC[C@@H]1O[C@H](n2ccc(=O)[nH]c2=O)C(OC)C1O. The lowest BCUT2D eigenvalue weighted by atomic mass is 10.1. The number of ether oxygens (including phenoxy) is 3. The van der Waals surface area contributed by atoms with Crippen LogP contribution >= 0.6 is 0 Å². The van der Waals surface area contributed by atoms with Crippen molar-refractivity contribution >= 4 is 0 Å². The Morgan fingerprint density at radius 3 is 2.79 bits per heavy atom. The first-order valence-electron chi connectivity index (χ1n) is 5.75. The molecule has 8 heteroatoms. The quantitative estimate of drug-likeness (QED) is 0.688. The smallest absolute Gasteiger partial charge is 0.330 e. The van der Waals surface area contributed by atoms with Gasteiger partial charge < -0.3 is 19.3 Å². The minimum Gasteiger partial charge on any atom is -0.387 e. The summed E-state index contributed by atoms with van der Waals surface area (Å²) in [6.07, 6.45) is -1.75. The van der Waals surface area contributed by atoms with Gasteiger partial charge in [-0.2, -0.15) is 0 Å². The first-order valence-corrected chi connectivity index (χ1v) is 5.75. The summed E-state index contributed by atoms with van der Waals surface area (Å²) in [4.78, 5) is 24.9. The fourth-order valence-corrected chi connectivity index (χ4v) is 2.13. The first kappa shape index (κ1) is 13.9. The molecule has 1 aromatic heterocycles. The average molecular weight is 272 g/mol. The number of H-pyrrole nitrogens is 1. The summed E-state index contributed by atoms with van der Waals surface area (Å²) in [7, 11) is 2.90. The molecular weight excluding hydrogens is 256 g/mol. The molecule has 2 heterocycles. The molecule has 0 saturated carbocycles. The predicted molar refractivity (Wildman–Crippen MR) is 63.9 cm³/mol. The van der Waals surface area contributed by atoms with Gasteiger partial charge in [-0.05, 0) is 0 Å². The molecule has 0 spiro atoms. The Morgan fingerprint density at radius 1 is 1.47 bits per heavy atom. The third kappa shape index (κ3) is 2.61. The standard InChI is InChI=1S/C11H16N2O6/c1-17-5-6-8(15)9(18-2)10(19-6)13-4-3-7(14)12-11(13)16/h3-4,6,8-10,15H,5H2,1-2H3,(H,12,14,16)/t6-,8?,9?,10-/m0/s1. The molecule has 4 atom stereocenters. The Labute approximate surface area is 108 Å². The van der Waals surface area contributed by atoms with Crippen LogP contribution in [0, 0.1) is 0 Å². The summed E-state index contributed by atoms with van der Waals surface area (Å²) >= 11 is 0. The lowest BCUT2D eigenvalue weighted by Gasteiger charge is -2.19. The van der Waals surface area contributed by atoms with Gasteiger partial charge in [0.15, 0.2) is 6.23 Å². The molecule has 0 aromatic carbocycles. The van der Waals surface area contributed by atoms with Crippen molar-refractivity contribution in [1.29, 1.82) is 0 Å². The van der Waals surface area contributed by atoms with Crippen molar-refractivity contribution in [3.63, 3.8) is 0 Å². The van der Waals surface area contributed by atoms with E-state index in [4.69, 9.17) is 14.2 Å². The molecule has 1 saturated heterocycles. The Morgan fingerprint density at radius 2 is 2.21 bits per heavy atom. The normalized spacial score (nSPS) is 30.7. The van der Waals surface area contributed by atoms with Crippen LogP contribution in [0.5, 0.6) is 0 Å². The molecule has 2 N–H and O–H groups in total. The van der Waals surface area contributed by atoms with Crippen molar-refractivity contribution in [1.82, 2.24) is 9.55 Å². The Kier molecular flexibility index (Phi) is 4.15. The summed E-state index contributed by atoms with van der Waals surface area (Å²) in [5.41, 5.74) is -1.12. The van der Waals surface area contributed by atoms with E-state index in [0.29, 0.717) is 0 Å². The molecule has 1 aliphatic heterocycles. The molecule has 0 bridgehead atoms. The maximum absolute atomic E-state index is 11.7. The van der Waals surface area contributed by atoms with Gasteiger partial charge in [0.05, 0.1) is 6.61 Å².